The fourth-order valence-electron chi connectivity index (χ4n) is 5.11. The summed E-state index contributed by atoms with van der Waals surface area (Å²) < 4.78 is 5.99. The van der Waals surface area contributed by atoms with Crippen molar-refractivity contribution < 1.29 is 9.84 Å². The fourth-order valence-corrected chi connectivity index (χ4v) is 5.11. The van der Waals surface area contributed by atoms with Crippen LogP contribution in [0.3, 0.4) is 0 Å². The second kappa shape index (κ2) is 12.7. The highest BCUT2D eigenvalue weighted by molar-refractivity contribution is 5.73. The lowest BCUT2D eigenvalue weighted by Crippen LogP contribution is -2.10. The van der Waals surface area contributed by atoms with Crippen LogP contribution < -0.4 is 4.74 Å². The molecule has 0 fully saturated rings. The van der Waals surface area contributed by atoms with Crippen LogP contribution in [0.2, 0.25) is 0 Å². The fraction of sp³-hybridized carbons (Fsp3) is 0.132. The molecule has 6 rings (SSSR count). The Morgan fingerprint density at radius 3 is 1.47 bits per heavy atom. The van der Waals surface area contributed by atoms with E-state index in [0.29, 0.717) is 28.8 Å². The third-order valence-corrected chi connectivity index (χ3v) is 7.38. The van der Waals surface area contributed by atoms with E-state index in [-0.39, 0.29) is 11.9 Å². The van der Waals surface area contributed by atoms with Crippen LogP contribution in [0.25, 0.3) is 56.4 Å². The summed E-state index contributed by atoms with van der Waals surface area (Å²) in [6.45, 7) is 4.16. The van der Waals surface area contributed by atoms with E-state index in [9.17, 15) is 5.11 Å². The van der Waals surface area contributed by atoms with Crippen LogP contribution in [-0.2, 0) is 0 Å². The van der Waals surface area contributed by atoms with Crippen LogP contribution in [0.1, 0.15) is 26.7 Å². The standard InChI is InChI=1S/C38H33N3O2/c1-3-10-26(2)43-33-23-24-34(35(42)25-33)38-40-36(31-19-15-29(16-20-31)27-11-6-4-7-12-27)39-37(41-38)32-21-17-30(18-22-32)28-13-8-5-9-14-28/h4-9,11-26,42H,3,10H2,1-2H3. The molecule has 43 heavy (non-hydrogen) atoms. The highest BCUT2D eigenvalue weighted by atomic mass is 16.5. The maximum atomic E-state index is 11.1. The van der Waals surface area contributed by atoms with Crippen molar-refractivity contribution in [2.75, 3.05) is 0 Å². The van der Waals surface area contributed by atoms with E-state index in [1.54, 1.807) is 6.07 Å². The molecule has 0 spiro atoms. The maximum Gasteiger partial charge on any atom is 0.167 e. The summed E-state index contributed by atoms with van der Waals surface area (Å²) in [5, 5.41) is 11.1. The zero-order chi connectivity index (χ0) is 29.6. The van der Waals surface area contributed by atoms with Crippen molar-refractivity contribution in [2.45, 2.75) is 32.8 Å². The Morgan fingerprint density at radius 1 is 0.558 bits per heavy atom. The van der Waals surface area contributed by atoms with Crippen LogP contribution >= 0.6 is 0 Å². The van der Waals surface area contributed by atoms with E-state index >= 15 is 0 Å². The van der Waals surface area contributed by atoms with Crippen molar-refractivity contribution in [2.24, 2.45) is 0 Å². The molecular weight excluding hydrogens is 530 g/mol. The third-order valence-electron chi connectivity index (χ3n) is 7.38. The summed E-state index contributed by atoms with van der Waals surface area (Å²) >= 11 is 0. The van der Waals surface area contributed by atoms with Gasteiger partial charge in [-0.05, 0) is 47.7 Å². The normalized spacial score (nSPS) is 11.7. The zero-order valence-corrected chi connectivity index (χ0v) is 24.3. The number of hydrogen-bond acceptors (Lipinski definition) is 5. The van der Waals surface area contributed by atoms with Crippen LogP contribution in [-0.4, -0.2) is 26.2 Å². The molecule has 0 aliphatic carbocycles. The van der Waals surface area contributed by atoms with Gasteiger partial charge in [0.2, 0.25) is 0 Å². The summed E-state index contributed by atoms with van der Waals surface area (Å²) in [5.41, 5.74) is 6.75. The van der Waals surface area contributed by atoms with Crippen molar-refractivity contribution in [3.63, 3.8) is 0 Å². The van der Waals surface area contributed by atoms with E-state index in [4.69, 9.17) is 19.7 Å². The van der Waals surface area contributed by atoms with Crippen molar-refractivity contribution in [1.82, 2.24) is 15.0 Å². The minimum absolute atomic E-state index is 0.0585. The summed E-state index contributed by atoms with van der Waals surface area (Å²) in [7, 11) is 0. The number of ether oxygens (including phenoxy) is 1. The van der Waals surface area contributed by atoms with Crippen molar-refractivity contribution in [3.8, 4) is 67.9 Å². The smallest absolute Gasteiger partial charge is 0.167 e. The molecule has 0 saturated carbocycles. The number of phenols is 1. The molecule has 0 saturated heterocycles. The second-order valence-electron chi connectivity index (χ2n) is 10.6. The Morgan fingerprint density at radius 2 is 1.00 bits per heavy atom. The van der Waals surface area contributed by atoms with Gasteiger partial charge in [-0.3, -0.25) is 0 Å². The van der Waals surface area contributed by atoms with Gasteiger partial charge in [0.05, 0.1) is 11.7 Å². The average molecular weight is 564 g/mol. The molecule has 5 nitrogen and oxygen atoms in total. The maximum absolute atomic E-state index is 11.1. The van der Waals surface area contributed by atoms with Gasteiger partial charge in [-0.1, -0.05) is 123 Å². The molecule has 1 aromatic heterocycles. The number of hydrogen-bond donors (Lipinski definition) is 1. The molecule has 0 aliphatic rings. The summed E-state index contributed by atoms with van der Waals surface area (Å²) in [4.78, 5) is 14.5. The van der Waals surface area contributed by atoms with Gasteiger partial charge in [0.15, 0.2) is 17.5 Å². The van der Waals surface area contributed by atoms with E-state index in [0.717, 1.165) is 46.2 Å². The highest BCUT2D eigenvalue weighted by Gasteiger charge is 2.16. The number of aromatic nitrogens is 3. The first-order valence-electron chi connectivity index (χ1n) is 14.6. The first-order chi connectivity index (χ1) is 21.1. The molecule has 5 heteroatoms. The van der Waals surface area contributed by atoms with Gasteiger partial charge >= 0.3 is 0 Å². The molecular formula is C38H33N3O2. The molecule has 1 N–H and O–H groups in total. The summed E-state index contributed by atoms with van der Waals surface area (Å²) in [6, 6.07) is 42.2. The summed E-state index contributed by atoms with van der Waals surface area (Å²) in [5.74, 6) is 2.13. The Hall–Kier alpha value is -5.29. The Bertz CT molecular complexity index is 1700. The van der Waals surface area contributed by atoms with E-state index in [1.165, 1.54) is 0 Å². The zero-order valence-electron chi connectivity index (χ0n) is 24.3. The van der Waals surface area contributed by atoms with E-state index < -0.39 is 0 Å². The predicted molar refractivity (Wildman–Crippen MR) is 174 cm³/mol. The Balaban J connectivity index is 1.40. The first kappa shape index (κ1) is 27.9. The Labute approximate surface area is 252 Å². The molecule has 5 aromatic carbocycles. The number of aromatic hydroxyl groups is 1. The largest absolute Gasteiger partial charge is 0.507 e. The lowest BCUT2D eigenvalue weighted by molar-refractivity contribution is 0.209. The van der Waals surface area contributed by atoms with Crippen molar-refractivity contribution in [1.29, 1.82) is 0 Å². The molecule has 0 radical (unpaired) electrons. The number of nitrogens with zero attached hydrogens (tertiary/aromatic N) is 3. The van der Waals surface area contributed by atoms with Crippen LogP contribution in [0.15, 0.2) is 127 Å². The van der Waals surface area contributed by atoms with Gasteiger partial charge in [-0.15, -0.1) is 0 Å². The molecule has 1 atom stereocenters. The topological polar surface area (TPSA) is 68.1 Å². The SMILES string of the molecule is CCCC(C)Oc1ccc(-c2nc(-c3ccc(-c4ccccc4)cc3)nc(-c3ccc(-c4ccccc4)cc3)n2)c(O)c1. The minimum atomic E-state index is 0.0585. The molecule has 0 bridgehead atoms. The lowest BCUT2D eigenvalue weighted by Gasteiger charge is -2.15. The second-order valence-corrected chi connectivity index (χ2v) is 10.6. The van der Waals surface area contributed by atoms with Crippen molar-refractivity contribution in [3.05, 3.63) is 127 Å². The van der Waals surface area contributed by atoms with Gasteiger partial charge in [0.1, 0.15) is 11.5 Å². The van der Waals surface area contributed by atoms with Crippen LogP contribution in [0.5, 0.6) is 11.5 Å². The Kier molecular flexibility index (Phi) is 8.23. The highest BCUT2D eigenvalue weighted by Crippen LogP contribution is 2.34. The number of rotatable bonds is 9. The molecule has 0 amide bonds. The molecule has 6 aromatic rings. The molecule has 212 valence electrons. The number of phenolic OH excluding ortho intramolecular Hbond substituents is 1. The first-order valence-corrected chi connectivity index (χ1v) is 14.6. The number of benzene rings is 5. The van der Waals surface area contributed by atoms with E-state index in [1.807, 2.05) is 79.7 Å². The van der Waals surface area contributed by atoms with Gasteiger partial charge in [-0.25, -0.2) is 15.0 Å². The quantitative estimate of drug-likeness (QED) is 0.190. The van der Waals surface area contributed by atoms with Crippen LogP contribution in [0.4, 0.5) is 0 Å². The van der Waals surface area contributed by atoms with Gasteiger partial charge in [0.25, 0.3) is 0 Å². The molecule has 1 unspecified atom stereocenters. The minimum Gasteiger partial charge on any atom is -0.507 e. The van der Waals surface area contributed by atoms with Gasteiger partial charge in [-0.2, -0.15) is 0 Å². The molecule has 1 heterocycles. The summed E-state index contributed by atoms with van der Waals surface area (Å²) in [6.07, 6.45) is 2.03. The van der Waals surface area contributed by atoms with Gasteiger partial charge < -0.3 is 9.84 Å². The monoisotopic (exact) mass is 563 g/mol. The van der Waals surface area contributed by atoms with Gasteiger partial charge in [0, 0.05) is 17.2 Å². The predicted octanol–water partition coefficient (Wildman–Crippen LogP) is 9.48. The van der Waals surface area contributed by atoms with Crippen LogP contribution in [0, 0.1) is 0 Å². The molecule has 0 aliphatic heterocycles. The third kappa shape index (κ3) is 6.47. The van der Waals surface area contributed by atoms with E-state index in [2.05, 4.69) is 55.5 Å². The lowest BCUT2D eigenvalue weighted by atomic mass is 10.0. The van der Waals surface area contributed by atoms with Crippen molar-refractivity contribution >= 4 is 0 Å². The average Bonchev–Trinajstić information content (AvgIpc) is 3.06.